The van der Waals surface area contributed by atoms with Gasteiger partial charge in [0.2, 0.25) is 0 Å². The van der Waals surface area contributed by atoms with Crippen LogP contribution in [-0.2, 0) is 4.74 Å². The molecule has 2 N–H and O–H groups in total. The van der Waals surface area contributed by atoms with Crippen molar-refractivity contribution in [3.05, 3.63) is 23.8 Å². The van der Waals surface area contributed by atoms with Crippen LogP contribution >= 0.6 is 0 Å². The average molecular weight is 291 g/mol. The Morgan fingerprint density at radius 2 is 2.29 bits per heavy atom. The lowest BCUT2D eigenvalue weighted by Gasteiger charge is -2.37. The minimum Gasteiger partial charge on any atom is -0.462 e. The minimum absolute atomic E-state index is 0.353. The van der Waals surface area contributed by atoms with E-state index in [1.807, 2.05) is 12.1 Å². The van der Waals surface area contributed by atoms with Gasteiger partial charge < -0.3 is 20.3 Å². The third-order valence-corrected chi connectivity index (χ3v) is 4.09. The molecule has 0 aromatic heterocycles. The lowest BCUT2D eigenvalue weighted by Crippen LogP contribution is -2.45. The molecule has 1 aliphatic rings. The molecule has 1 saturated heterocycles. The molecule has 1 aromatic carbocycles. The Kier molecular flexibility index (Phi) is 5.07. The van der Waals surface area contributed by atoms with Gasteiger partial charge in [0, 0.05) is 31.0 Å². The van der Waals surface area contributed by atoms with Crippen LogP contribution < -0.4 is 10.6 Å². The maximum Gasteiger partial charge on any atom is 0.340 e. The van der Waals surface area contributed by atoms with Crippen molar-refractivity contribution in [2.45, 2.75) is 25.8 Å². The summed E-state index contributed by atoms with van der Waals surface area (Å²) in [6.45, 7) is 4.34. The fourth-order valence-electron chi connectivity index (χ4n) is 2.82. The minimum atomic E-state index is -0.356. The van der Waals surface area contributed by atoms with Crippen molar-refractivity contribution in [3.63, 3.8) is 0 Å². The van der Waals surface area contributed by atoms with Gasteiger partial charge in [-0.15, -0.1) is 0 Å². The summed E-state index contributed by atoms with van der Waals surface area (Å²) in [7, 11) is 4.22. The second-order valence-electron chi connectivity index (χ2n) is 5.66. The van der Waals surface area contributed by atoms with Crippen LogP contribution in [0.5, 0.6) is 0 Å². The molecule has 0 radical (unpaired) electrons. The fourth-order valence-corrected chi connectivity index (χ4v) is 2.82. The summed E-state index contributed by atoms with van der Waals surface area (Å²) >= 11 is 0. The molecule has 1 fully saturated rings. The van der Waals surface area contributed by atoms with Crippen LogP contribution in [0.2, 0.25) is 0 Å². The number of esters is 1. The standard InChI is InChI=1S/C16H25N3O2/c1-4-21-16(20)14-10-12(7-8-15(14)17)19(3)13-6-5-9-18(2)11-13/h7-8,10,13H,4-6,9,11,17H2,1-3H3. The number of rotatable bonds is 4. The van der Waals surface area contributed by atoms with E-state index in [0.717, 1.165) is 18.8 Å². The predicted octanol–water partition coefficient (Wildman–Crippen LogP) is 1.98. The molecular weight excluding hydrogens is 266 g/mol. The number of nitrogen functional groups attached to an aromatic ring is 1. The molecule has 1 heterocycles. The summed E-state index contributed by atoms with van der Waals surface area (Å²) in [5.74, 6) is -0.356. The average Bonchev–Trinajstić information content (AvgIpc) is 2.47. The van der Waals surface area contributed by atoms with Crippen LogP contribution in [0.15, 0.2) is 18.2 Å². The van der Waals surface area contributed by atoms with Gasteiger partial charge in [0.25, 0.3) is 0 Å². The molecular formula is C16H25N3O2. The van der Waals surface area contributed by atoms with E-state index >= 15 is 0 Å². The normalized spacial score (nSPS) is 19.3. The molecule has 0 amide bonds. The smallest absolute Gasteiger partial charge is 0.340 e. The molecule has 5 nitrogen and oxygen atoms in total. The van der Waals surface area contributed by atoms with Gasteiger partial charge in [0.05, 0.1) is 12.2 Å². The fraction of sp³-hybridized carbons (Fsp3) is 0.562. The van der Waals surface area contributed by atoms with Crippen LogP contribution in [0, 0.1) is 0 Å². The monoisotopic (exact) mass is 291 g/mol. The first-order chi connectivity index (χ1) is 10.0. The summed E-state index contributed by atoms with van der Waals surface area (Å²) in [6, 6.07) is 6.04. The SMILES string of the molecule is CCOC(=O)c1cc(N(C)C2CCCN(C)C2)ccc1N. The second kappa shape index (κ2) is 6.80. The molecule has 1 unspecified atom stereocenters. The Hall–Kier alpha value is -1.75. The molecule has 0 aliphatic carbocycles. The quantitative estimate of drug-likeness (QED) is 0.679. The van der Waals surface area contributed by atoms with E-state index in [9.17, 15) is 4.79 Å². The van der Waals surface area contributed by atoms with Gasteiger partial charge in [-0.05, 0) is 51.6 Å². The van der Waals surface area contributed by atoms with E-state index in [2.05, 4.69) is 23.9 Å². The summed E-state index contributed by atoms with van der Waals surface area (Å²) < 4.78 is 5.06. The number of ether oxygens (including phenoxy) is 1. The van der Waals surface area contributed by atoms with E-state index in [1.165, 1.54) is 12.8 Å². The van der Waals surface area contributed by atoms with Crippen LogP contribution in [0.4, 0.5) is 11.4 Å². The van der Waals surface area contributed by atoms with E-state index < -0.39 is 0 Å². The van der Waals surface area contributed by atoms with Gasteiger partial charge in [-0.2, -0.15) is 0 Å². The number of carbonyl (C=O) groups is 1. The predicted molar refractivity (Wildman–Crippen MR) is 85.7 cm³/mol. The molecule has 5 heteroatoms. The summed E-state index contributed by atoms with van der Waals surface area (Å²) in [5.41, 5.74) is 7.81. The summed E-state index contributed by atoms with van der Waals surface area (Å²) in [5, 5.41) is 0. The number of anilines is 2. The highest BCUT2D eigenvalue weighted by Crippen LogP contribution is 2.25. The number of nitrogens with zero attached hydrogens (tertiary/aromatic N) is 2. The zero-order chi connectivity index (χ0) is 15.4. The number of hydrogen-bond acceptors (Lipinski definition) is 5. The first-order valence-electron chi connectivity index (χ1n) is 7.51. The Morgan fingerprint density at radius 1 is 1.52 bits per heavy atom. The van der Waals surface area contributed by atoms with Gasteiger partial charge in [-0.1, -0.05) is 0 Å². The lowest BCUT2D eigenvalue weighted by atomic mass is 10.0. The van der Waals surface area contributed by atoms with Crippen molar-refractivity contribution in [3.8, 4) is 0 Å². The molecule has 0 spiro atoms. The molecule has 2 rings (SSSR count). The van der Waals surface area contributed by atoms with Crippen molar-refractivity contribution < 1.29 is 9.53 Å². The third kappa shape index (κ3) is 3.67. The Morgan fingerprint density at radius 3 is 2.95 bits per heavy atom. The summed E-state index contributed by atoms with van der Waals surface area (Å²) in [6.07, 6.45) is 2.37. The highest BCUT2D eigenvalue weighted by molar-refractivity contribution is 5.96. The number of carbonyl (C=O) groups excluding carboxylic acids is 1. The first kappa shape index (κ1) is 15.6. The Balaban J connectivity index is 2.19. The first-order valence-corrected chi connectivity index (χ1v) is 7.51. The molecule has 1 atom stereocenters. The van der Waals surface area contributed by atoms with Crippen molar-refractivity contribution in [2.24, 2.45) is 0 Å². The number of likely N-dealkylation sites (tertiary alicyclic amines) is 1. The molecule has 1 aliphatic heterocycles. The van der Waals surface area contributed by atoms with Crippen LogP contribution in [0.3, 0.4) is 0 Å². The van der Waals surface area contributed by atoms with E-state index in [4.69, 9.17) is 10.5 Å². The Bertz CT molecular complexity index is 504. The van der Waals surface area contributed by atoms with Crippen molar-refractivity contribution in [1.29, 1.82) is 0 Å². The van der Waals surface area contributed by atoms with Crippen LogP contribution in [-0.4, -0.2) is 50.7 Å². The Labute approximate surface area is 126 Å². The number of piperidine rings is 1. The van der Waals surface area contributed by atoms with Crippen LogP contribution in [0.25, 0.3) is 0 Å². The third-order valence-electron chi connectivity index (χ3n) is 4.09. The molecule has 1 aromatic rings. The zero-order valence-corrected chi connectivity index (χ0v) is 13.1. The van der Waals surface area contributed by atoms with Gasteiger partial charge in [0.15, 0.2) is 0 Å². The maximum absolute atomic E-state index is 11.9. The topological polar surface area (TPSA) is 58.8 Å². The zero-order valence-electron chi connectivity index (χ0n) is 13.1. The van der Waals surface area contributed by atoms with Crippen molar-refractivity contribution in [2.75, 3.05) is 44.4 Å². The highest BCUT2D eigenvalue weighted by atomic mass is 16.5. The van der Waals surface area contributed by atoms with E-state index in [-0.39, 0.29) is 5.97 Å². The summed E-state index contributed by atoms with van der Waals surface area (Å²) in [4.78, 5) is 16.5. The number of hydrogen-bond donors (Lipinski definition) is 1. The van der Waals surface area contributed by atoms with Gasteiger partial charge in [-0.3, -0.25) is 0 Å². The number of likely N-dealkylation sites (N-methyl/N-ethyl adjacent to an activating group) is 2. The van der Waals surface area contributed by atoms with Crippen molar-refractivity contribution in [1.82, 2.24) is 4.90 Å². The van der Waals surface area contributed by atoms with Gasteiger partial charge in [-0.25, -0.2) is 4.79 Å². The molecule has 0 saturated carbocycles. The molecule has 116 valence electrons. The van der Waals surface area contributed by atoms with Crippen LogP contribution in [0.1, 0.15) is 30.1 Å². The second-order valence-corrected chi connectivity index (χ2v) is 5.66. The highest BCUT2D eigenvalue weighted by Gasteiger charge is 2.22. The van der Waals surface area contributed by atoms with E-state index in [1.54, 1.807) is 13.0 Å². The lowest BCUT2D eigenvalue weighted by molar-refractivity contribution is 0.0527. The van der Waals surface area contributed by atoms with Crippen molar-refractivity contribution >= 4 is 17.3 Å². The molecule has 0 bridgehead atoms. The molecule has 21 heavy (non-hydrogen) atoms. The maximum atomic E-state index is 11.9. The van der Waals surface area contributed by atoms with E-state index in [0.29, 0.717) is 23.9 Å². The number of nitrogens with two attached hydrogens (primary N) is 1. The van der Waals surface area contributed by atoms with Gasteiger partial charge >= 0.3 is 5.97 Å². The van der Waals surface area contributed by atoms with Gasteiger partial charge in [0.1, 0.15) is 0 Å². The number of benzene rings is 1. The largest absolute Gasteiger partial charge is 0.462 e.